The number of nitrogens with one attached hydrogen (secondary N) is 1. The van der Waals surface area contributed by atoms with Crippen LogP contribution in [0.4, 0.5) is 5.69 Å². The highest BCUT2D eigenvalue weighted by Crippen LogP contribution is 2.27. The first-order valence-corrected chi connectivity index (χ1v) is 7.18. The summed E-state index contributed by atoms with van der Waals surface area (Å²) in [6.07, 6.45) is 1.70. The van der Waals surface area contributed by atoms with Crippen LogP contribution in [0.1, 0.15) is 0 Å². The second-order valence-electron chi connectivity index (χ2n) is 4.71. The molecule has 0 aliphatic carbocycles. The summed E-state index contributed by atoms with van der Waals surface area (Å²) in [7, 11) is 1.60. The number of pyridine rings is 1. The van der Waals surface area contributed by atoms with Gasteiger partial charge in [0.05, 0.1) is 19.3 Å². The van der Waals surface area contributed by atoms with Crippen LogP contribution in [0.5, 0.6) is 5.75 Å². The van der Waals surface area contributed by atoms with E-state index in [1.165, 1.54) is 9.08 Å². The van der Waals surface area contributed by atoms with Crippen LogP contribution in [-0.2, 0) is 6.54 Å². The van der Waals surface area contributed by atoms with Crippen molar-refractivity contribution >= 4 is 22.9 Å². The molecule has 0 aliphatic heterocycles. The monoisotopic (exact) mass is 318 g/mol. The SMILES string of the molecule is COc1ccc(Cl)cc1NCCn1nc2ccccn2c1=O. The molecule has 0 amide bonds. The fourth-order valence-electron chi connectivity index (χ4n) is 2.23. The smallest absolute Gasteiger partial charge is 0.350 e. The summed E-state index contributed by atoms with van der Waals surface area (Å²) in [4.78, 5) is 12.1. The van der Waals surface area contributed by atoms with Crippen molar-refractivity contribution in [1.29, 1.82) is 0 Å². The lowest BCUT2D eigenvalue weighted by Gasteiger charge is -2.11. The normalized spacial score (nSPS) is 10.8. The molecule has 0 spiro atoms. The van der Waals surface area contributed by atoms with Crippen molar-refractivity contribution in [2.75, 3.05) is 19.0 Å². The maximum absolute atomic E-state index is 12.1. The molecule has 0 unspecified atom stereocenters. The summed E-state index contributed by atoms with van der Waals surface area (Å²) in [5, 5.41) is 8.10. The highest BCUT2D eigenvalue weighted by Gasteiger charge is 2.07. The standard InChI is InChI=1S/C15H15ClN4O2/c1-22-13-6-5-11(16)10-12(13)17-7-9-20-15(21)19-8-3-2-4-14(19)18-20/h2-6,8,10,17H,7,9H2,1H3. The number of hydrogen-bond donors (Lipinski definition) is 1. The molecule has 22 heavy (non-hydrogen) atoms. The van der Waals surface area contributed by atoms with E-state index < -0.39 is 0 Å². The zero-order chi connectivity index (χ0) is 15.5. The molecule has 0 bridgehead atoms. The molecular formula is C15H15ClN4O2. The van der Waals surface area contributed by atoms with E-state index in [0.717, 1.165) is 5.69 Å². The van der Waals surface area contributed by atoms with E-state index in [0.29, 0.717) is 29.5 Å². The Morgan fingerprint density at radius 3 is 2.95 bits per heavy atom. The quantitative estimate of drug-likeness (QED) is 0.784. The highest BCUT2D eigenvalue weighted by molar-refractivity contribution is 6.30. The van der Waals surface area contributed by atoms with Gasteiger partial charge in [0, 0.05) is 17.8 Å². The summed E-state index contributed by atoms with van der Waals surface area (Å²) in [6, 6.07) is 10.8. The van der Waals surface area contributed by atoms with Crippen LogP contribution in [0.15, 0.2) is 47.4 Å². The average molecular weight is 319 g/mol. The van der Waals surface area contributed by atoms with Gasteiger partial charge in [-0.15, -0.1) is 5.10 Å². The molecule has 0 aliphatic rings. The predicted molar refractivity (Wildman–Crippen MR) is 85.9 cm³/mol. The van der Waals surface area contributed by atoms with Gasteiger partial charge in [0.15, 0.2) is 5.65 Å². The Morgan fingerprint density at radius 2 is 2.18 bits per heavy atom. The largest absolute Gasteiger partial charge is 0.495 e. The third-order valence-electron chi connectivity index (χ3n) is 3.29. The Hall–Kier alpha value is -2.47. The van der Waals surface area contributed by atoms with Crippen LogP contribution in [0.25, 0.3) is 5.65 Å². The average Bonchev–Trinajstić information content (AvgIpc) is 2.85. The van der Waals surface area contributed by atoms with Crippen LogP contribution in [0.2, 0.25) is 5.02 Å². The van der Waals surface area contributed by atoms with Crippen LogP contribution in [-0.4, -0.2) is 27.8 Å². The zero-order valence-corrected chi connectivity index (χ0v) is 12.7. The molecule has 3 rings (SSSR count). The van der Waals surface area contributed by atoms with Gasteiger partial charge < -0.3 is 10.1 Å². The van der Waals surface area contributed by atoms with Gasteiger partial charge in [-0.25, -0.2) is 9.48 Å². The number of halogens is 1. The van der Waals surface area contributed by atoms with E-state index in [1.54, 1.807) is 43.6 Å². The fraction of sp³-hybridized carbons (Fsp3) is 0.200. The minimum Gasteiger partial charge on any atom is -0.495 e. The molecule has 7 heteroatoms. The molecule has 0 saturated carbocycles. The maximum Gasteiger partial charge on any atom is 0.350 e. The van der Waals surface area contributed by atoms with E-state index in [4.69, 9.17) is 16.3 Å². The Kier molecular flexibility index (Phi) is 4.02. The van der Waals surface area contributed by atoms with Gasteiger partial charge in [-0.3, -0.25) is 4.40 Å². The van der Waals surface area contributed by atoms with Crippen LogP contribution < -0.4 is 15.7 Å². The summed E-state index contributed by atoms with van der Waals surface area (Å²) in [5.41, 5.74) is 1.26. The first kappa shape index (κ1) is 14.5. The summed E-state index contributed by atoms with van der Waals surface area (Å²) < 4.78 is 8.21. The molecule has 2 aromatic heterocycles. The summed E-state index contributed by atoms with van der Waals surface area (Å²) >= 11 is 5.98. The van der Waals surface area contributed by atoms with Crippen molar-refractivity contribution in [1.82, 2.24) is 14.2 Å². The van der Waals surface area contributed by atoms with Gasteiger partial charge in [-0.1, -0.05) is 17.7 Å². The number of fused-ring (bicyclic) bond motifs is 1. The lowest BCUT2D eigenvalue weighted by Crippen LogP contribution is -2.24. The van der Waals surface area contributed by atoms with Gasteiger partial charge in [-0.05, 0) is 30.3 Å². The third kappa shape index (κ3) is 2.78. The third-order valence-corrected chi connectivity index (χ3v) is 3.52. The van der Waals surface area contributed by atoms with Gasteiger partial charge in [0.25, 0.3) is 0 Å². The van der Waals surface area contributed by atoms with Crippen molar-refractivity contribution in [3.05, 3.63) is 58.1 Å². The Bertz CT molecular complexity index is 856. The topological polar surface area (TPSA) is 60.6 Å². The van der Waals surface area contributed by atoms with Crippen molar-refractivity contribution in [3.63, 3.8) is 0 Å². The second-order valence-corrected chi connectivity index (χ2v) is 5.14. The molecule has 3 aromatic rings. The molecule has 2 heterocycles. The second kappa shape index (κ2) is 6.11. The number of anilines is 1. The lowest BCUT2D eigenvalue weighted by molar-refractivity contribution is 0.416. The number of aromatic nitrogens is 3. The molecule has 0 saturated heterocycles. The Labute approximate surface area is 131 Å². The predicted octanol–water partition coefficient (Wildman–Crippen LogP) is 2.27. The zero-order valence-electron chi connectivity index (χ0n) is 12.0. The lowest BCUT2D eigenvalue weighted by atomic mass is 10.3. The van der Waals surface area contributed by atoms with Crippen LogP contribution in [0.3, 0.4) is 0 Å². The van der Waals surface area contributed by atoms with E-state index in [2.05, 4.69) is 10.4 Å². The fourth-order valence-corrected chi connectivity index (χ4v) is 2.40. The number of nitrogens with zero attached hydrogens (tertiary/aromatic N) is 3. The first-order chi connectivity index (χ1) is 10.7. The molecule has 114 valence electrons. The van der Waals surface area contributed by atoms with Crippen molar-refractivity contribution < 1.29 is 4.74 Å². The van der Waals surface area contributed by atoms with Gasteiger partial charge >= 0.3 is 5.69 Å². The van der Waals surface area contributed by atoms with E-state index >= 15 is 0 Å². The number of methoxy groups -OCH3 is 1. The number of benzene rings is 1. The van der Waals surface area contributed by atoms with E-state index in [1.807, 2.05) is 6.07 Å². The molecule has 1 N–H and O–H groups in total. The van der Waals surface area contributed by atoms with Gasteiger partial charge in [0.1, 0.15) is 5.75 Å². The number of rotatable bonds is 5. The van der Waals surface area contributed by atoms with E-state index in [9.17, 15) is 4.79 Å². The minimum absolute atomic E-state index is 0.157. The van der Waals surface area contributed by atoms with Crippen LogP contribution in [0, 0.1) is 0 Å². The Balaban J connectivity index is 1.74. The highest BCUT2D eigenvalue weighted by atomic mass is 35.5. The Morgan fingerprint density at radius 1 is 1.32 bits per heavy atom. The molecule has 0 atom stereocenters. The number of hydrogen-bond acceptors (Lipinski definition) is 4. The van der Waals surface area contributed by atoms with Gasteiger partial charge in [-0.2, -0.15) is 0 Å². The van der Waals surface area contributed by atoms with Gasteiger partial charge in [0.2, 0.25) is 0 Å². The summed E-state index contributed by atoms with van der Waals surface area (Å²) in [5.74, 6) is 0.701. The van der Waals surface area contributed by atoms with Crippen molar-refractivity contribution in [2.24, 2.45) is 0 Å². The minimum atomic E-state index is -0.157. The molecule has 0 radical (unpaired) electrons. The van der Waals surface area contributed by atoms with E-state index in [-0.39, 0.29) is 5.69 Å². The van der Waals surface area contributed by atoms with Crippen molar-refractivity contribution in [3.8, 4) is 5.75 Å². The maximum atomic E-state index is 12.1. The molecule has 6 nitrogen and oxygen atoms in total. The summed E-state index contributed by atoms with van der Waals surface area (Å²) in [6.45, 7) is 0.969. The molecule has 0 fully saturated rings. The van der Waals surface area contributed by atoms with Crippen molar-refractivity contribution in [2.45, 2.75) is 6.54 Å². The van der Waals surface area contributed by atoms with Crippen LogP contribution >= 0.6 is 11.6 Å². The molecule has 1 aromatic carbocycles. The number of ether oxygens (including phenoxy) is 1. The molecular weight excluding hydrogens is 304 g/mol. The first-order valence-electron chi connectivity index (χ1n) is 6.80.